The van der Waals surface area contributed by atoms with E-state index in [0.29, 0.717) is 49.0 Å². The van der Waals surface area contributed by atoms with Crippen molar-refractivity contribution in [2.45, 2.75) is 47.9 Å². The van der Waals surface area contributed by atoms with Gasteiger partial charge in [0.25, 0.3) is 5.56 Å². The van der Waals surface area contributed by atoms with Gasteiger partial charge in [0.2, 0.25) is 20.0 Å². The second-order valence-corrected chi connectivity index (χ2v) is 14.5. The van der Waals surface area contributed by atoms with E-state index < -0.39 is 25.6 Å². The summed E-state index contributed by atoms with van der Waals surface area (Å²) < 4.78 is 56.6. The Hall–Kier alpha value is -3.17. The third-order valence-corrected chi connectivity index (χ3v) is 11.9. The molecule has 2 saturated heterocycles. The van der Waals surface area contributed by atoms with Gasteiger partial charge in [0, 0.05) is 37.1 Å². The quantitative estimate of drug-likeness (QED) is 0.332. The van der Waals surface area contributed by atoms with E-state index in [1.807, 2.05) is 18.2 Å². The summed E-state index contributed by atoms with van der Waals surface area (Å²) >= 11 is 6.29. The summed E-state index contributed by atoms with van der Waals surface area (Å²) in [7, 11) is -7.46. The van der Waals surface area contributed by atoms with Crippen LogP contribution in [0.4, 0.5) is 0 Å². The molecule has 2 aromatic heterocycles. The number of piperidine rings is 1. The van der Waals surface area contributed by atoms with Crippen LogP contribution in [-0.2, 0) is 26.6 Å². The molecule has 6 rings (SSSR count). The van der Waals surface area contributed by atoms with E-state index in [1.165, 1.54) is 37.6 Å². The van der Waals surface area contributed by atoms with Gasteiger partial charge < -0.3 is 4.98 Å². The maximum atomic E-state index is 13.3. The number of nitrogens with one attached hydrogen (secondary N) is 1. The van der Waals surface area contributed by atoms with E-state index in [9.17, 15) is 21.6 Å². The van der Waals surface area contributed by atoms with Crippen molar-refractivity contribution >= 4 is 42.8 Å². The lowest BCUT2D eigenvalue weighted by Gasteiger charge is -2.30. The molecule has 4 aromatic rings. The molecule has 0 saturated carbocycles. The van der Waals surface area contributed by atoms with Crippen molar-refractivity contribution in [3.63, 3.8) is 0 Å². The highest BCUT2D eigenvalue weighted by atomic mass is 35.5. The molecule has 0 bridgehead atoms. The Bertz CT molecular complexity index is 1860. The number of nitrogens with zero attached hydrogens (tertiary/aromatic N) is 6. The standard InChI is InChI=1S/C26H28ClN7O5S2/c27-22-6-2-1-5-19(22)17-34-25-23(30-31-34)26(35)29-24(28-25)18-11-15-33(16-12-18)41(38,39)21-9-7-20(8-10-21)40(36,37)32-13-3-4-14-32/h1-2,5-10,18H,3-4,11-17H2,(H,28,29,35). The van der Waals surface area contributed by atoms with E-state index in [4.69, 9.17) is 11.6 Å². The van der Waals surface area contributed by atoms with Crippen LogP contribution in [0.1, 0.15) is 43.0 Å². The molecule has 1 N–H and O–H groups in total. The number of halogens is 1. The largest absolute Gasteiger partial charge is 0.308 e. The minimum atomic E-state index is -3.83. The van der Waals surface area contributed by atoms with Gasteiger partial charge in [0.1, 0.15) is 5.82 Å². The van der Waals surface area contributed by atoms with Gasteiger partial charge in [-0.05, 0) is 61.6 Å². The molecule has 4 heterocycles. The molecular weight excluding hydrogens is 590 g/mol. The number of sulfonamides is 2. The number of hydrogen-bond acceptors (Lipinski definition) is 8. The molecule has 41 heavy (non-hydrogen) atoms. The van der Waals surface area contributed by atoms with Crippen molar-refractivity contribution in [3.8, 4) is 0 Å². The molecule has 2 aromatic carbocycles. The molecule has 2 fully saturated rings. The van der Waals surface area contributed by atoms with Crippen molar-refractivity contribution in [3.05, 3.63) is 75.3 Å². The monoisotopic (exact) mass is 617 g/mol. The summed E-state index contributed by atoms with van der Waals surface area (Å²) in [5, 5.41) is 8.65. The van der Waals surface area contributed by atoms with Crippen molar-refractivity contribution in [2.24, 2.45) is 0 Å². The molecule has 0 spiro atoms. The lowest BCUT2D eigenvalue weighted by Crippen LogP contribution is -2.38. The minimum absolute atomic E-state index is 0.0406. The highest BCUT2D eigenvalue weighted by molar-refractivity contribution is 7.89. The Kier molecular flexibility index (Phi) is 7.44. The van der Waals surface area contributed by atoms with E-state index in [0.717, 1.165) is 18.4 Å². The summed E-state index contributed by atoms with van der Waals surface area (Å²) in [5.74, 6) is 0.286. The van der Waals surface area contributed by atoms with Crippen molar-refractivity contribution in [2.75, 3.05) is 26.2 Å². The summed E-state index contributed by atoms with van der Waals surface area (Å²) in [6.45, 7) is 1.69. The molecular formula is C26H28ClN7O5S2. The predicted octanol–water partition coefficient (Wildman–Crippen LogP) is 2.57. The van der Waals surface area contributed by atoms with Crippen LogP contribution in [0.5, 0.6) is 0 Å². The Balaban J connectivity index is 1.17. The number of aromatic amines is 1. The molecule has 0 atom stereocenters. The summed E-state index contributed by atoms with van der Waals surface area (Å²) in [6.07, 6.45) is 2.53. The van der Waals surface area contributed by atoms with Gasteiger partial charge in [0.15, 0.2) is 11.2 Å². The fourth-order valence-electron chi connectivity index (χ4n) is 5.35. The lowest BCUT2D eigenvalue weighted by molar-refractivity contribution is 0.313. The van der Waals surface area contributed by atoms with Crippen molar-refractivity contribution in [1.82, 2.24) is 33.6 Å². The van der Waals surface area contributed by atoms with Crippen molar-refractivity contribution in [1.29, 1.82) is 0 Å². The number of H-pyrrole nitrogens is 1. The number of fused-ring (bicyclic) bond motifs is 1. The first kappa shape index (κ1) is 28.0. The highest BCUT2D eigenvalue weighted by Crippen LogP contribution is 2.30. The van der Waals surface area contributed by atoms with Crippen LogP contribution in [0.25, 0.3) is 11.2 Å². The van der Waals surface area contributed by atoms with Crippen LogP contribution in [0.15, 0.2) is 63.1 Å². The number of hydrogen-bond donors (Lipinski definition) is 1. The van der Waals surface area contributed by atoms with Gasteiger partial charge in [-0.2, -0.15) is 8.61 Å². The number of benzene rings is 2. The molecule has 15 heteroatoms. The molecule has 216 valence electrons. The summed E-state index contributed by atoms with van der Waals surface area (Å²) in [4.78, 5) is 20.4. The maximum Gasteiger partial charge on any atom is 0.281 e. The Labute approximate surface area is 242 Å². The van der Waals surface area contributed by atoms with Crippen LogP contribution in [0.3, 0.4) is 0 Å². The average Bonchev–Trinajstić information content (AvgIpc) is 3.66. The predicted molar refractivity (Wildman–Crippen MR) is 152 cm³/mol. The van der Waals surface area contributed by atoms with E-state index >= 15 is 0 Å². The van der Waals surface area contributed by atoms with Gasteiger partial charge in [-0.25, -0.2) is 26.5 Å². The number of aromatic nitrogens is 5. The molecule has 0 aliphatic carbocycles. The molecule has 2 aliphatic heterocycles. The third-order valence-electron chi connectivity index (χ3n) is 7.67. The smallest absolute Gasteiger partial charge is 0.281 e. The zero-order valence-electron chi connectivity index (χ0n) is 22.0. The van der Waals surface area contributed by atoms with Gasteiger partial charge in [-0.1, -0.05) is 35.0 Å². The zero-order chi connectivity index (χ0) is 28.8. The molecule has 0 radical (unpaired) electrons. The van der Waals surface area contributed by atoms with Gasteiger partial charge >= 0.3 is 0 Å². The van der Waals surface area contributed by atoms with E-state index in [2.05, 4.69) is 20.3 Å². The van der Waals surface area contributed by atoms with Gasteiger partial charge in [-0.3, -0.25) is 4.79 Å². The fraction of sp³-hybridized carbons (Fsp3) is 0.385. The SMILES string of the molecule is O=c1[nH]c(C2CCN(S(=O)(=O)c3ccc(S(=O)(=O)N4CCCC4)cc3)CC2)nc2c1nnn2Cc1ccccc1Cl. The zero-order valence-corrected chi connectivity index (χ0v) is 24.4. The fourth-order valence-corrected chi connectivity index (χ4v) is 8.53. The molecule has 12 nitrogen and oxygen atoms in total. The topological polar surface area (TPSA) is 151 Å². The molecule has 2 aliphatic rings. The van der Waals surface area contributed by atoms with Crippen LogP contribution >= 0.6 is 11.6 Å². The normalized spacial score (nSPS) is 17.9. The first-order valence-corrected chi connectivity index (χ1v) is 16.6. The second kappa shape index (κ2) is 10.9. The number of rotatable bonds is 7. The first-order chi connectivity index (χ1) is 19.6. The van der Waals surface area contributed by atoms with Crippen molar-refractivity contribution < 1.29 is 16.8 Å². The van der Waals surface area contributed by atoms with Crippen LogP contribution < -0.4 is 5.56 Å². The van der Waals surface area contributed by atoms with Crippen LogP contribution in [-0.4, -0.2) is 76.6 Å². The second-order valence-electron chi connectivity index (χ2n) is 10.2. The van der Waals surface area contributed by atoms with Gasteiger partial charge in [-0.15, -0.1) is 5.10 Å². The molecule has 0 amide bonds. The maximum absolute atomic E-state index is 13.3. The molecule has 0 unspecified atom stereocenters. The van der Waals surface area contributed by atoms with Crippen LogP contribution in [0.2, 0.25) is 5.02 Å². The Morgan fingerprint density at radius 1 is 0.854 bits per heavy atom. The van der Waals surface area contributed by atoms with Crippen LogP contribution in [0, 0.1) is 0 Å². The van der Waals surface area contributed by atoms with Gasteiger partial charge in [0.05, 0.1) is 16.3 Å². The summed E-state index contributed by atoms with van der Waals surface area (Å²) in [5.41, 5.74) is 0.859. The highest BCUT2D eigenvalue weighted by Gasteiger charge is 2.32. The summed E-state index contributed by atoms with van der Waals surface area (Å²) in [6, 6.07) is 12.7. The lowest BCUT2D eigenvalue weighted by atomic mass is 9.97. The van der Waals surface area contributed by atoms with E-state index in [1.54, 1.807) is 6.07 Å². The first-order valence-electron chi connectivity index (χ1n) is 13.3. The Morgan fingerprint density at radius 2 is 1.44 bits per heavy atom. The third kappa shape index (κ3) is 5.30. The van der Waals surface area contributed by atoms with E-state index in [-0.39, 0.29) is 34.3 Å². The minimum Gasteiger partial charge on any atom is -0.308 e. The Morgan fingerprint density at radius 3 is 2.05 bits per heavy atom. The average molecular weight is 618 g/mol.